The lowest BCUT2D eigenvalue weighted by atomic mass is 10.1. The Morgan fingerprint density at radius 1 is 1.06 bits per heavy atom. The van der Waals surface area contributed by atoms with Crippen molar-refractivity contribution >= 4 is 40.5 Å². The summed E-state index contributed by atoms with van der Waals surface area (Å²) in [6.07, 6.45) is -1.18. The van der Waals surface area contributed by atoms with E-state index in [1.54, 1.807) is 4.68 Å². The average Bonchev–Trinajstić information content (AvgIpc) is 3.52. The second kappa shape index (κ2) is 8.08. The summed E-state index contributed by atoms with van der Waals surface area (Å²) >= 11 is 5.88. The van der Waals surface area contributed by atoms with E-state index < -0.39 is 11.7 Å². The molecule has 1 saturated carbocycles. The minimum absolute atomic E-state index is 0.229. The molecule has 1 N–H and O–H groups in total. The molecule has 3 heterocycles. The topological polar surface area (TPSA) is 48.7 Å². The number of nitrogens with one attached hydrogen (secondary N) is 1. The molecule has 0 bridgehead atoms. The zero-order valence-electron chi connectivity index (χ0n) is 19.0. The normalized spacial score (nSPS) is 21.0. The number of halogens is 3. The van der Waals surface area contributed by atoms with Gasteiger partial charge in [-0.3, -0.25) is 4.90 Å². The molecule has 2 atom stereocenters. The van der Waals surface area contributed by atoms with E-state index in [4.69, 9.17) is 22.3 Å². The molecule has 0 radical (unpaired) electrons. The Balaban J connectivity index is 1.45. The number of anilines is 3. The standard InChI is InChI=1S/C25H23F3N6S/c1-32-23(35)20-21(29-17-6-3-2-4-7-17)33(14-15-10-12-16(13-11-15)25(26,27)28)31-22(20)34-19-9-5-8-18(19)30-24(32)34/h2-4,6-7,10-13,18-19,29H,5,8-9,14H2,1H3. The van der Waals surface area contributed by atoms with E-state index in [1.165, 1.54) is 12.1 Å². The van der Waals surface area contributed by atoms with Crippen LogP contribution >= 0.6 is 12.2 Å². The molecule has 0 spiro atoms. The van der Waals surface area contributed by atoms with E-state index in [1.807, 2.05) is 42.3 Å². The van der Waals surface area contributed by atoms with Gasteiger partial charge < -0.3 is 10.2 Å². The van der Waals surface area contributed by atoms with E-state index >= 15 is 0 Å². The summed E-state index contributed by atoms with van der Waals surface area (Å²) < 4.78 is 41.0. The fraction of sp³-hybridized carbons (Fsp3) is 0.320. The van der Waals surface area contributed by atoms with Crippen LogP contribution in [0.3, 0.4) is 0 Å². The molecule has 1 aromatic heterocycles. The predicted octanol–water partition coefficient (Wildman–Crippen LogP) is 5.41. The van der Waals surface area contributed by atoms with E-state index in [0.717, 1.165) is 54.4 Å². The van der Waals surface area contributed by atoms with Gasteiger partial charge in [-0.15, -0.1) is 0 Å². The first-order chi connectivity index (χ1) is 16.8. The van der Waals surface area contributed by atoms with Gasteiger partial charge in [-0.1, -0.05) is 42.5 Å². The number of aromatic nitrogens is 2. The maximum absolute atomic E-state index is 13.1. The van der Waals surface area contributed by atoms with Gasteiger partial charge >= 0.3 is 6.18 Å². The maximum atomic E-state index is 13.1. The van der Waals surface area contributed by atoms with Crippen molar-refractivity contribution in [2.75, 3.05) is 17.3 Å². The predicted molar refractivity (Wildman–Crippen MR) is 133 cm³/mol. The highest BCUT2D eigenvalue weighted by atomic mass is 32.1. The Bertz CT molecular complexity index is 1320. The van der Waals surface area contributed by atoms with Crippen molar-refractivity contribution in [1.82, 2.24) is 14.7 Å². The van der Waals surface area contributed by atoms with Gasteiger partial charge in [-0.05, 0) is 49.1 Å². The summed E-state index contributed by atoms with van der Waals surface area (Å²) in [7, 11) is 1.93. The number of nitrogens with zero attached hydrogens (tertiary/aromatic N) is 5. The number of rotatable bonds is 4. The van der Waals surface area contributed by atoms with Crippen molar-refractivity contribution in [3.63, 3.8) is 0 Å². The van der Waals surface area contributed by atoms with Crippen molar-refractivity contribution in [2.24, 2.45) is 4.99 Å². The Morgan fingerprint density at radius 3 is 2.51 bits per heavy atom. The number of thiocarbonyl (C=S) groups is 1. The van der Waals surface area contributed by atoms with Crippen molar-refractivity contribution in [2.45, 2.75) is 44.1 Å². The third-order valence-corrected chi connectivity index (χ3v) is 7.38. The van der Waals surface area contributed by atoms with Gasteiger partial charge in [0.15, 0.2) is 5.82 Å². The van der Waals surface area contributed by atoms with Gasteiger partial charge in [0.25, 0.3) is 0 Å². The van der Waals surface area contributed by atoms with E-state index in [0.29, 0.717) is 22.9 Å². The van der Waals surface area contributed by atoms with Gasteiger partial charge in [0.2, 0.25) is 5.96 Å². The molecule has 6 rings (SSSR count). The minimum atomic E-state index is -4.37. The average molecular weight is 497 g/mol. The van der Waals surface area contributed by atoms with Crippen molar-refractivity contribution in [3.05, 3.63) is 71.3 Å². The number of alkyl halides is 3. The van der Waals surface area contributed by atoms with E-state index in [-0.39, 0.29) is 12.1 Å². The molecule has 2 unspecified atom stereocenters. The quantitative estimate of drug-likeness (QED) is 0.490. The number of guanidine groups is 1. The summed E-state index contributed by atoms with van der Waals surface area (Å²) in [5, 5.41) is 8.43. The highest BCUT2D eigenvalue weighted by Crippen LogP contribution is 2.43. The zero-order chi connectivity index (χ0) is 24.3. The van der Waals surface area contributed by atoms with Crippen LogP contribution in [0.5, 0.6) is 0 Å². The molecule has 1 fully saturated rings. The zero-order valence-corrected chi connectivity index (χ0v) is 19.8. The molecule has 35 heavy (non-hydrogen) atoms. The Labute approximate surface area is 206 Å². The largest absolute Gasteiger partial charge is 0.416 e. The molecular formula is C25H23F3N6S. The van der Waals surface area contributed by atoms with E-state index in [9.17, 15) is 13.2 Å². The number of benzene rings is 2. The smallest absolute Gasteiger partial charge is 0.340 e. The number of hydrogen-bond donors (Lipinski definition) is 1. The van der Waals surface area contributed by atoms with Crippen molar-refractivity contribution in [1.29, 1.82) is 0 Å². The molecule has 0 amide bonds. The Kier molecular flexibility index (Phi) is 5.10. The fourth-order valence-electron chi connectivity index (χ4n) is 5.18. The number of fused-ring (bicyclic) bond motifs is 5. The van der Waals surface area contributed by atoms with Gasteiger partial charge in [-0.2, -0.15) is 18.3 Å². The highest BCUT2D eigenvalue weighted by Gasteiger charge is 2.48. The molecular weight excluding hydrogens is 473 g/mol. The molecule has 2 aliphatic heterocycles. The van der Waals surface area contributed by atoms with Crippen LogP contribution in [0, 0.1) is 0 Å². The highest BCUT2D eigenvalue weighted by molar-refractivity contribution is 7.80. The van der Waals surface area contributed by atoms with Gasteiger partial charge in [0.1, 0.15) is 10.8 Å². The van der Waals surface area contributed by atoms with Crippen LogP contribution in [0.4, 0.5) is 30.5 Å². The van der Waals surface area contributed by atoms with Crippen LogP contribution in [0.2, 0.25) is 0 Å². The van der Waals surface area contributed by atoms with Crippen LogP contribution in [0.1, 0.15) is 36.0 Å². The third-order valence-electron chi connectivity index (χ3n) is 6.90. The van der Waals surface area contributed by atoms with Gasteiger partial charge in [0.05, 0.1) is 29.8 Å². The monoisotopic (exact) mass is 496 g/mol. The Morgan fingerprint density at radius 2 is 1.80 bits per heavy atom. The van der Waals surface area contributed by atoms with Crippen LogP contribution < -0.4 is 10.2 Å². The van der Waals surface area contributed by atoms with Gasteiger partial charge in [-0.25, -0.2) is 9.67 Å². The van der Waals surface area contributed by atoms with Crippen LogP contribution in [-0.4, -0.2) is 44.8 Å². The second-order valence-corrected chi connectivity index (χ2v) is 9.51. The van der Waals surface area contributed by atoms with Crippen molar-refractivity contribution in [3.8, 4) is 0 Å². The van der Waals surface area contributed by atoms with Crippen LogP contribution in [0.25, 0.3) is 0 Å². The molecule has 6 nitrogen and oxygen atoms in total. The first kappa shape index (κ1) is 22.1. The second-order valence-electron chi connectivity index (χ2n) is 9.12. The molecule has 3 aliphatic rings. The minimum Gasteiger partial charge on any atom is -0.340 e. The molecule has 1 aliphatic carbocycles. The fourth-order valence-corrected chi connectivity index (χ4v) is 5.45. The van der Waals surface area contributed by atoms with Crippen molar-refractivity contribution < 1.29 is 13.2 Å². The van der Waals surface area contributed by atoms with Crippen LogP contribution in [0.15, 0.2) is 59.6 Å². The molecule has 0 saturated heterocycles. The third kappa shape index (κ3) is 3.67. The number of aliphatic imine (C=N–C) groups is 1. The first-order valence-electron chi connectivity index (χ1n) is 11.6. The maximum Gasteiger partial charge on any atom is 0.416 e. The Hall–Kier alpha value is -3.40. The summed E-state index contributed by atoms with van der Waals surface area (Å²) in [5.41, 5.74) is 1.72. The molecule has 2 aromatic carbocycles. The summed E-state index contributed by atoms with van der Waals surface area (Å²) in [5.74, 6) is 2.29. The molecule has 3 aromatic rings. The lowest BCUT2D eigenvalue weighted by molar-refractivity contribution is -0.137. The summed E-state index contributed by atoms with van der Waals surface area (Å²) in [4.78, 5) is 9.70. The lowest BCUT2D eigenvalue weighted by Crippen LogP contribution is -2.51. The van der Waals surface area contributed by atoms with E-state index in [2.05, 4.69) is 10.2 Å². The number of hydrogen-bond acceptors (Lipinski definition) is 5. The van der Waals surface area contributed by atoms with Crippen LogP contribution in [-0.2, 0) is 12.7 Å². The van der Waals surface area contributed by atoms with Gasteiger partial charge in [0, 0.05) is 12.7 Å². The lowest BCUT2D eigenvalue weighted by Gasteiger charge is -2.35. The number of para-hydroxylation sites is 1. The molecule has 10 heteroatoms. The molecule has 180 valence electrons. The SMILES string of the molecule is CN1C(=S)c2c(nn(Cc3ccc(C(F)(F)F)cc3)c2Nc2ccccc2)N2C1=NC1CCCC12. The summed E-state index contributed by atoms with van der Waals surface area (Å²) in [6, 6.07) is 15.4. The first-order valence-corrected chi connectivity index (χ1v) is 12.0. The summed E-state index contributed by atoms with van der Waals surface area (Å²) in [6.45, 7) is 0.293.